The molecule has 0 fully saturated rings. The van der Waals surface area contributed by atoms with Gasteiger partial charge in [-0.3, -0.25) is 0 Å². The Morgan fingerprint density at radius 2 is 1.58 bits per heavy atom. The normalized spacial score (nSPS) is 11.3. The van der Waals surface area contributed by atoms with E-state index < -0.39 is 0 Å². The van der Waals surface area contributed by atoms with E-state index in [1.165, 1.54) is 0 Å². The third kappa shape index (κ3) is 2.22. The van der Waals surface area contributed by atoms with Crippen molar-refractivity contribution >= 4 is 0 Å². The van der Waals surface area contributed by atoms with Crippen LogP contribution in [-0.4, -0.2) is 6.79 Å². The Kier molecular flexibility index (Phi) is 2.80. The smallest absolute Gasteiger partial charge is 0.231 e. The van der Waals surface area contributed by atoms with Crippen molar-refractivity contribution in [2.24, 2.45) is 0 Å². The van der Waals surface area contributed by atoms with Crippen molar-refractivity contribution in [1.82, 2.24) is 0 Å². The van der Waals surface area contributed by atoms with E-state index in [0.717, 1.165) is 5.56 Å². The Balaban J connectivity index is 2.02. The fourth-order valence-corrected chi connectivity index (χ4v) is 1.80. The van der Waals surface area contributed by atoms with Crippen LogP contribution in [0.2, 0.25) is 0 Å². The lowest BCUT2D eigenvalue weighted by Gasteiger charge is -1.99. The third-order valence-corrected chi connectivity index (χ3v) is 2.75. The number of nitriles is 1. The van der Waals surface area contributed by atoms with Crippen LogP contribution < -0.4 is 9.47 Å². The van der Waals surface area contributed by atoms with Crippen molar-refractivity contribution in [1.29, 1.82) is 5.26 Å². The molecule has 3 heteroatoms. The summed E-state index contributed by atoms with van der Waals surface area (Å²) in [5.74, 6) is 7.27. The summed E-state index contributed by atoms with van der Waals surface area (Å²) in [5.41, 5.74) is 2.05. The molecule has 0 aromatic heterocycles. The van der Waals surface area contributed by atoms with Crippen LogP contribution in [0.25, 0.3) is 0 Å². The van der Waals surface area contributed by atoms with Crippen LogP contribution in [0.15, 0.2) is 42.5 Å². The highest BCUT2D eigenvalue weighted by Crippen LogP contribution is 2.34. The van der Waals surface area contributed by atoms with E-state index in [1.807, 2.05) is 30.3 Å². The molecule has 2 aromatic rings. The summed E-state index contributed by atoms with van der Waals surface area (Å²) < 4.78 is 10.5. The molecule has 3 nitrogen and oxygen atoms in total. The first-order chi connectivity index (χ1) is 9.36. The quantitative estimate of drug-likeness (QED) is 0.672. The highest BCUT2D eigenvalue weighted by atomic mass is 16.7. The Hall–Kier alpha value is -2.91. The van der Waals surface area contributed by atoms with Gasteiger partial charge in [0.2, 0.25) is 6.79 Å². The molecule has 90 valence electrons. The summed E-state index contributed by atoms with van der Waals surface area (Å²) in [7, 11) is 0. The number of benzene rings is 2. The highest BCUT2D eigenvalue weighted by molar-refractivity contribution is 5.59. The average molecular weight is 247 g/mol. The fraction of sp³-hybridized carbons (Fsp3) is 0.0625. The van der Waals surface area contributed by atoms with Crippen LogP contribution in [0.3, 0.4) is 0 Å². The minimum Gasteiger partial charge on any atom is -0.454 e. The predicted octanol–water partition coefficient (Wildman–Crippen LogP) is 2.69. The van der Waals surface area contributed by atoms with E-state index in [0.29, 0.717) is 22.6 Å². The maximum Gasteiger partial charge on any atom is 0.231 e. The zero-order valence-corrected chi connectivity index (χ0v) is 10.0. The topological polar surface area (TPSA) is 42.2 Å². The molecule has 1 aliphatic heterocycles. The summed E-state index contributed by atoms with van der Waals surface area (Å²) in [4.78, 5) is 0. The second kappa shape index (κ2) is 4.76. The van der Waals surface area contributed by atoms with Crippen LogP contribution in [-0.2, 0) is 0 Å². The lowest BCUT2D eigenvalue weighted by atomic mass is 10.1. The van der Waals surface area contributed by atoms with Crippen LogP contribution in [0.1, 0.15) is 16.7 Å². The first-order valence-electron chi connectivity index (χ1n) is 5.77. The van der Waals surface area contributed by atoms with Crippen molar-refractivity contribution in [3.05, 3.63) is 59.2 Å². The minimum absolute atomic E-state index is 0.190. The molecule has 2 aromatic carbocycles. The Morgan fingerprint density at radius 1 is 0.895 bits per heavy atom. The van der Waals surface area contributed by atoms with E-state index in [4.69, 9.17) is 14.7 Å². The van der Waals surface area contributed by atoms with Gasteiger partial charge in [0.05, 0.1) is 5.56 Å². The molecule has 0 N–H and O–H groups in total. The van der Waals surface area contributed by atoms with Crippen LogP contribution in [0.4, 0.5) is 0 Å². The zero-order valence-electron chi connectivity index (χ0n) is 10.0. The van der Waals surface area contributed by atoms with E-state index in [9.17, 15) is 0 Å². The lowest BCUT2D eigenvalue weighted by Crippen LogP contribution is -1.92. The first kappa shape index (κ1) is 11.2. The first-order valence-corrected chi connectivity index (χ1v) is 5.77. The van der Waals surface area contributed by atoms with Gasteiger partial charge in [-0.25, -0.2) is 0 Å². The second-order valence-electron chi connectivity index (χ2n) is 3.98. The molecule has 0 amide bonds. The van der Waals surface area contributed by atoms with E-state index in [-0.39, 0.29) is 6.79 Å². The lowest BCUT2D eigenvalue weighted by molar-refractivity contribution is 0.174. The van der Waals surface area contributed by atoms with E-state index >= 15 is 0 Å². The monoisotopic (exact) mass is 247 g/mol. The van der Waals surface area contributed by atoms with Gasteiger partial charge in [-0.2, -0.15) is 5.26 Å². The van der Waals surface area contributed by atoms with Gasteiger partial charge in [0, 0.05) is 23.3 Å². The Bertz CT molecular complexity index is 718. The molecule has 0 spiro atoms. The highest BCUT2D eigenvalue weighted by Gasteiger charge is 2.16. The van der Waals surface area contributed by atoms with Gasteiger partial charge in [-0.05, 0) is 12.1 Å². The van der Waals surface area contributed by atoms with Crippen LogP contribution in [0, 0.1) is 23.2 Å². The summed E-state index contributed by atoms with van der Waals surface area (Å²) in [5, 5.41) is 9.13. The predicted molar refractivity (Wildman–Crippen MR) is 69.7 cm³/mol. The van der Waals surface area contributed by atoms with Crippen molar-refractivity contribution in [2.45, 2.75) is 0 Å². The molecule has 3 rings (SSSR count). The van der Waals surface area contributed by atoms with Crippen LogP contribution in [0.5, 0.6) is 11.5 Å². The van der Waals surface area contributed by atoms with E-state index in [2.05, 4.69) is 17.9 Å². The number of hydrogen-bond acceptors (Lipinski definition) is 3. The molecule has 0 unspecified atom stereocenters. The molecule has 1 aliphatic rings. The summed E-state index contributed by atoms with van der Waals surface area (Å²) in [6.45, 7) is 0.190. The summed E-state index contributed by atoms with van der Waals surface area (Å²) in [6.07, 6.45) is 0. The maximum absolute atomic E-state index is 9.13. The van der Waals surface area contributed by atoms with E-state index in [1.54, 1.807) is 12.1 Å². The van der Waals surface area contributed by atoms with Crippen LogP contribution >= 0.6 is 0 Å². The van der Waals surface area contributed by atoms with Gasteiger partial charge in [0.25, 0.3) is 0 Å². The molecule has 0 aliphatic carbocycles. The maximum atomic E-state index is 9.13. The summed E-state index contributed by atoms with van der Waals surface area (Å²) in [6, 6.07) is 15.2. The SMILES string of the molecule is N#Cc1cc2c(cc1C#Cc1ccccc1)OCO2. The molecule has 0 saturated carbocycles. The standard InChI is InChI=1S/C16H9NO2/c17-10-14-9-16-15(18-11-19-16)8-13(14)7-6-12-4-2-1-3-5-12/h1-5,8-9H,11H2. The van der Waals surface area contributed by atoms with Gasteiger partial charge in [-0.15, -0.1) is 0 Å². The van der Waals surface area contributed by atoms with Crippen molar-refractivity contribution in [3.8, 4) is 29.4 Å². The number of hydrogen-bond donors (Lipinski definition) is 0. The number of fused-ring (bicyclic) bond motifs is 1. The number of nitrogens with zero attached hydrogens (tertiary/aromatic N) is 1. The molecule has 19 heavy (non-hydrogen) atoms. The van der Waals surface area contributed by atoms with Gasteiger partial charge >= 0.3 is 0 Å². The molecule has 0 radical (unpaired) electrons. The van der Waals surface area contributed by atoms with Crippen molar-refractivity contribution in [3.63, 3.8) is 0 Å². The zero-order chi connectivity index (χ0) is 13.1. The molecule has 0 atom stereocenters. The van der Waals surface area contributed by atoms with Gasteiger partial charge in [0.1, 0.15) is 6.07 Å². The van der Waals surface area contributed by atoms with Gasteiger partial charge in [-0.1, -0.05) is 30.0 Å². The molecule has 0 bridgehead atoms. The largest absolute Gasteiger partial charge is 0.454 e. The van der Waals surface area contributed by atoms with Gasteiger partial charge in [0.15, 0.2) is 11.5 Å². The van der Waals surface area contributed by atoms with Crippen molar-refractivity contribution in [2.75, 3.05) is 6.79 Å². The number of rotatable bonds is 0. The molecular weight excluding hydrogens is 238 g/mol. The average Bonchev–Trinajstić information content (AvgIpc) is 2.92. The minimum atomic E-state index is 0.190. The Labute approximate surface area is 111 Å². The Morgan fingerprint density at radius 3 is 2.26 bits per heavy atom. The molecular formula is C16H9NO2. The third-order valence-electron chi connectivity index (χ3n) is 2.75. The number of ether oxygens (including phenoxy) is 2. The molecule has 0 saturated heterocycles. The fourth-order valence-electron chi connectivity index (χ4n) is 1.80. The van der Waals surface area contributed by atoms with Gasteiger partial charge < -0.3 is 9.47 Å². The summed E-state index contributed by atoms with van der Waals surface area (Å²) >= 11 is 0. The van der Waals surface area contributed by atoms with Crippen molar-refractivity contribution < 1.29 is 9.47 Å². The molecule has 1 heterocycles. The second-order valence-corrected chi connectivity index (χ2v) is 3.98.